The SMILES string of the molecule is Cc1cccnc1COCC1CCCN1. The number of ether oxygens (including phenoxy) is 1. The predicted molar refractivity (Wildman–Crippen MR) is 59.7 cm³/mol. The molecular formula is C12H18N2O. The predicted octanol–water partition coefficient (Wildman–Crippen LogP) is 1.66. The Morgan fingerprint density at radius 2 is 2.53 bits per heavy atom. The zero-order chi connectivity index (χ0) is 10.5. The number of nitrogens with one attached hydrogen (secondary N) is 1. The van der Waals surface area contributed by atoms with Gasteiger partial charge in [0.25, 0.3) is 0 Å². The molecule has 1 atom stereocenters. The summed E-state index contributed by atoms with van der Waals surface area (Å²) < 4.78 is 5.66. The third kappa shape index (κ3) is 3.01. The molecule has 0 aromatic carbocycles. The topological polar surface area (TPSA) is 34.1 Å². The van der Waals surface area contributed by atoms with Crippen LogP contribution in [-0.2, 0) is 11.3 Å². The minimum absolute atomic E-state index is 0.550. The highest BCUT2D eigenvalue weighted by Gasteiger charge is 2.13. The molecule has 0 aliphatic carbocycles. The number of hydrogen-bond donors (Lipinski definition) is 1. The first-order valence-electron chi connectivity index (χ1n) is 5.58. The molecule has 1 unspecified atom stereocenters. The highest BCUT2D eigenvalue weighted by molar-refractivity contribution is 5.16. The van der Waals surface area contributed by atoms with Gasteiger partial charge in [0.1, 0.15) is 0 Å². The summed E-state index contributed by atoms with van der Waals surface area (Å²) in [5.74, 6) is 0. The highest BCUT2D eigenvalue weighted by Crippen LogP contribution is 2.08. The van der Waals surface area contributed by atoms with Crippen molar-refractivity contribution in [1.29, 1.82) is 0 Å². The molecule has 15 heavy (non-hydrogen) atoms. The van der Waals surface area contributed by atoms with Crippen LogP contribution in [0, 0.1) is 6.92 Å². The fourth-order valence-corrected chi connectivity index (χ4v) is 1.87. The van der Waals surface area contributed by atoms with Crippen molar-refractivity contribution in [2.75, 3.05) is 13.2 Å². The lowest BCUT2D eigenvalue weighted by Gasteiger charge is -2.11. The molecule has 1 N–H and O–H groups in total. The number of aromatic nitrogens is 1. The Morgan fingerprint density at radius 3 is 3.27 bits per heavy atom. The lowest BCUT2D eigenvalue weighted by atomic mass is 10.2. The standard InChI is InChI=1S/C12H18N2O/c1-10-4-2-7-14-12(10)9-15-8-11-5-3-6-13-11/h2,4,7,11,13H,3,5-6,8-9H2,1H3. The highest BCUT2D eigenvalue weighted by atomic mass is 16.5. The maximum Gasteiger partial charge on any atom is 0.0891 e. The molecule has 1 aromatic rings. The first kappa shape index (κ1) is 10.6. The summed E-state index contributed by atoms with van der Waals surface area (Å²) in [5, 5.41) is 3.41. The van der Waals surface area contributed by atoms with Crippen LogP contribution in [0.15, 0.2) is 18.3 Å². The van der Waals surface area contributed by atoms with E-state index in [1.165, 1.54) is 18.4 Å². The van der Waals surface area contributed by atoms with Crippen molar-refractivity contribution in [2.45, 2.75) is 32.4 Å². The van der Waals surface area contributed by atoms with Crippen LogP contribution in [0.4, 0.5) is 0 Å². The van der Waals surface area contributed by atoms with E-state index >= 15 is 0 Å². The van der Waals surface area contributed by atoms with Crippen molar-refractivity contribution in [2.24, 2.45) is 0 Å². The Labute approximate surface area is 90.9 Å². The smallest absolute Gasteiger partial charge is 0.0891 e. The first-order valence-corrected chi connectivity index (χ1v) is 5.58. The molecule has 3 heteroatoms. The molecule has 0 radical (unpaired) electrons. The van der Waals surface area contributed by atoms with E-state index in [9.17, 15) is 0 Å². The van der Waals surface area contributed by atoms with Gasteiger partial charge in [-0.25, -0.2) is 0 Å². The number of pyridine rings is 1. The zero-order valence-corrected chi connectivity index (χ0v) is 9.20. The summed E-state index contributed by atoms with van der Waals surface area (Å²) in [6, 6.07) is 4.57. The quantitative estimate of drug-likeness (QED) is 0.813. The summed E-state index contributed by atoms with van der Waals surface area (Å²) in [5.41, 5.74) is 2.26. The van der Waals surface area contributed by atoms with E-state index in [1.54, 1.807) is 0 Å². The zero-order valence-electron chi connectivity index (χ0n) is 9.20. The molecule has 1 fully saturated rings. The lowest BCUT2D eigenvalue weighted by Crippen LogP contribution is -2.26. The lowest BCUT2D eigenvalue weighted by molar-refractivity contribution is 0.101. The molecule has 0 spiro atoms. The van der Waals surface area contributed by atoms with E-state index in [4.69, 9.17) is 4.74 Å². The Hall–Kier alpha value is -0.930. The number of nitrogens with zero attached hydrogens (tertiary/aromatic N) is 1. The second-order valence-electron chi connectivity index (χ2n) is 4.08. The minimum Gasteiger partial charge on any atom is -0.374 e. The van der Waals surface area contributed by atoms with E-state index in [2.05, 4.69) is 23.3 Å². The van der Waals surface area contributed by atoms with Crippen LogP contribution in [0.1, 0.15) is 24.1 Å². The van der Waals surface area contributed by atoms with Gasteiger partial charge in [-0.2, -0.15) is 0 Å². The number of rotatable bonds is 4. The van der Waals surface area contributed by atoms with Crippen LogP contribution in [0.25, 0.3) is 0 Å². The van der Waals surface area contributed by atoms with Crippen LogP contribution >= 0.6 is 0 Å². The number of hydrogen-bond acceptors (Lipinski definition) is 3. The van der Waals surface area contributed by atoms with E-state index < -0.39 is 0 Å². The fraction of sp³-hybridized carbons (Fsp3) is 0.583. The molecule has 1 aliphatic rings. The Kier molecular flexibility index (Phi) is 3.69. The van der Waals surface area contributed by atoms with Gasteiger partial charge in [-0.3, -0.25) is 4.98 Å². The van der Waals surface area contributed by atoms with Gasteiger partial charge in [0.2, 0.25) is 0 Å². The summed E-state index contributed by atoms with van der Waals surface area (Å²) in [6.07, 6.45) is 4.33. The van der Waals surface area contributed by atoms with Gasteiger partial charge < -0.3 is 10.1 Å². The van der Waals surface area contributed by atoms with E-state index in [1.807, 2.05) is 12.3 Å². The van der Waals surface area contributed by atoms with Crippen molar-refractivity contribution in [3.05, 3.63) is 29.6 Å². The maximum atomic E-state index is 5.66. The average Bonchev–Trinajstić information content (AvgIpc) is 2.74. The Balaban J connectivity index is 1.75. The molecule has 2 rings (SSSR count). The molecule has 1 saturated heterocycles. The fourth-order valence-electron chi connectivity index (χ4n) is 1.87. The molecule has 0 amide bonds. The summed E-state index contributed by atoms with van der Waals surface area (Å²) in [7, 11) is 0. The second kappa shape index (κ2) is 5.24. The average molecular weight is 206 g/mol. The van der Waals surface area contributed by atoms with Crippen molar-refractivity contribution in [3.63, 3.8) is 0 Å². The van der Waals surface area contributed by atoms with Gasteiger partial charge in [-0.15, -0.1) is 0 Å². The van der Waals surface area contributed by atoms with Crippen LogP contribution in [0.2, 0.25) is 0 Å². The molecule has 1 aliphatic heterocycles. The maximum absolute atomic E-state index is 5.66. The molecule has 1 aromatic heterocycles. The first-order chi connectivity index (χ1) is 7.36. The summed E-state index contributed by atoms with van der Waals surface area (Å²) in [4.78, 5) is 4.30. The molecule has 3 nitrogen and oxygen atoms in total. The van der Waals surface area contributed by atoms with Crippen LogP contribution < -0.4 is 5.32 Å². The third-order valence-electron chi connectivity index (χ3n) is 2.84. The normalized spacial score (nSPS) is 20.7. The molecular weight excluding hydrogens is 188 g/mol. The molecule has 0 bridgehead atoms. The van der Waals surface area contributed by atoms with Gasteiger partial charge in [-0.05, 0) is 37.9 Å². The van der Waals surface area contributed by atoms with E-state index in [-0.39, 0.29) is 0 Å². The summed E-state index contributed by atoms with van der Waals surface area (Å²) >= 11 is 0. The molecule has 82 valence electrons. The number of aryl methyl sites for hydroxylation is 1. The second-order valence-corrected chi connectivity index (χ2v) is 4.08. The van der Waals surface area contributed by atoms with Crippen molar-refractivity contribution in [1.82, 2.24) is 10.3 Å². The largest absolute Gasteiger partial charge is 0.374 e. The van der Waals surface area contributed by atoms with Gasteiger partial charge in [-0.1, -0.05) is 6.07 Å². The molecule has 0 saturated carbocycles. The van der Waals surface area contributed by atoms with Gasteiger partial charge in [0.15, 0.2) is 0 Å². The van der Waals surface area contributed by atoms with Crippen molar-refractivity contribution >= 4 is 0 Å². The van der Waals surface area contributed by atoms with E-state index in [0.29, 0.717) is 12.6 Å². The third-order valence-corrected chi connectivity index (χ3v) is 2.84. The Bertz CT molecular complexity index is 308. The monoisotopic (exact) mass is 206 g/mol. The van der Waals surface area contributed by atoms with Crippen LogP contribution in [0.5, 0.6) is 0 Å². The van der Waals surface area contributed by atoms with Gasteiger partial charge in [0.05, 0.1) is 18.9 Å². The van der Waals surface area contributed by atoms with Crippen molar-refractivity contribution < 1.29 is 4.74 Å². The minimum atomic E-state index is 0.550. The van der Waals surface area contributed by atoms with E-state index in [0.717, 1.165) is 18.8 Å². The van der Waals surface area contributed by atoms with Gasteiger partial charge >= 0.3 is 0 Å². The molecule has 2 heterocycles. The van der Waals surface area contributed by atoms with Crippen molar-refractivity contribution in [3.8, 4) is 0 Å². The van der Waals surface area contributed by atoms with Crippen LogP contribution in [-0.4, -0.2) is 24.2 Å². The van der Waals surface area contributed by atoms with Crippen LogP contribution in [0.3, 0.4) is 0 Å². The van der Waals surface area contributed by atoms with Gasteiger partial charge in [0, 0.05) is 12.2 Å². The Morgan fingerprint density at radius 1 is 1.60 bits per heavy atom. The summed E-state index contributed by atoms with van der Waals surface area (Å²) in [6.45, 7) is 4.64.